The van der Waals surface area contributed by atoms with Crippen LogP contribution >= 0.6 is 0 Å². The standard InChI is InChI=1S/C11H26N2O/c1-6-11(3,8-12-4)9-13(5)10(2)7-14/h10,12,14H,6-9H2,1-5H3. The van der Waals surface area contributed by atoms with Crippen molar-refractivity contribution in [3.8, 4) is 0 Å². The molecule has 0 aromatic heterocycles. The van der Waals surface area contributed by atoms with Crippen LogP contribution in [-0.4, -0.2) is 49.8 Å². The van der Waals surface area contributed by atoms with E-state index < -0.39 is 0 Å². The third-order valence-corrected chi connectivity index (χ3v) is 3.10. The molecule has 0 aliphatic heterocycles. The third-order valence-electron chi connectivity index (χ3n) is 3.10. The molecule has 0 saturated carbocycles. The molecule has 0 rings (SSSR count). The molecule has 14 heavy (non-hydrogen) atoms. The van der Waals surface area contributed by atoms with Crippen molar-refractivity contribution < 1.29 is 5.11 Å². The second-order valence-corrected chi connectivity index (χ2v) is 4.64. The summed E-state index contributed by atoms with van der Waals surface area (Å²) in [4.78, 5) is 2.22. The smallest absolute Gasteiger partial charge is 0.0584 e. The lowest BCUT2D eigenvalue weighted by molar-refractivity contribution is 0.108. The molecule has 86 valence electrons. The Hall–Kier alpha value is -0.120. The molecule has 0 radical (unpaired) electrons. The number of hydrogen-bond acceptors (Lipinski definition) is 3. The molecule has 3 nitrogen and oxygen atoms in total. The molecule has 2 unspecified atom stereocenters. The lowest BCUT2D eigenvalue weighted by atomic mass is 9.86. The Morgan fingerprint density at radius 2 is 2.07 bits per heavy atom. The number of nitrogens with one attached hydrogen (secondary N) is 1. The summed E-state index contributed by atoms with van der Waals surface area (Å²) < 4.78 is 0. The van der Waals surface area contributed by atoms with Gasteiger partial charge < -0.3 is 15.3 Å². The number of nitrogens with zero attached hydrogens (tertiary/aromatic N) is 1. The van der Waals surface area contributed by atoms with E-state index in [1.54, 1.807) is 0 Å². The van der Waals surface area contributed by atoms with E-state index in [1.165, 1.54) is 0 Å². The fourth-order valence-electron chi connectivity index (χ4n) is 1.62. The Balaban J connectivity index is 4.15. The lowest BCUT2D eigenvalue weighted by Crippen LogP contribution is -2.44. The molecule has 2 atom stereocenters. The number of aliphatic hydroxyl groups excluding tert-OH is 1. The first-order valence-electron chi connectivity index (χ1n) is 5.44. The van der Waals surface area contributed by atoms with Crippen LogP contribution in [0.3, 0.4) is 0 Å². The second kappa shape index (κ2) is 6.38. The van der Waals surface area contributed by atoms with E-state index in [9.17, 15) is 0 Å². The highest BCUT2D eigenvalue weighted by Crippen LogP contribution is 2.21. The highest BCUT2D eigenvalue weighted by Gasteiger charge is 2.24. The molecule has 0 spiro atoms. The van der Waals surface area contributed by atoms with Crippen LogP contribution in [0, 0.1) is 5.41 Å². The van der Waals surface area contributed by atoms with Gasteiger partial charge >= 0.3 is 0 Å². The summed E-state index contributed by atoms with van der Waals surface area (Å²) in [6.07, 6.45) is 1.15. The van der Waals surface area contributed by atoms with Gasteiger partial charge in [0.1, 0.15) is 0 Å². The van der Waals surface area contributed by atoms with Gasteiger partial charge in [-0.3, -0.25) is 0 Å². The molecule has 0 aliphatic carbocycles. The zero-order valence-electron chi connectivity index (χ0n) is 10.3. The zero-order chi connectivity index (χ0) is 11.2. The van der Waals surface area contributed by atoms with Crippen LogP contribution in [0.4, 0.5) is 0 Å². The van der Waals surface area contributed by atoms with E-state index in [4.69, 9.17) is 5.11 Å². The van der Waals surface area contributed by atoms with Crippen molar-refractivity contribution in [1.82, 2.24) is 10.2 Å². The minimum atomic E-state index is 0.232. The van der Waals surface area contributed by atoms with E-state index in [0.717, 1.165) is 19.5 Å². The molecule has 0 amide bonds. The summed E-state index contributed by atoms with van der Waals surface area (Å²) in [7, 11) is 4.06. The molecule has 2 N–H and O–H groups in total. The second-order valence-electron chi connectivity index (χ2n) is 4.64. The van der Waals surface area contributed by atoms with E-state index in [1.807, 2.05) is 7.05 Å². The minimum absolute atomic E-state index is 0.232. The maximum Gasteiger partial charge on any atom is 0.0584 e. The van der Waals surface area contributed by atoms with Gasteiger partial charge in [0.15, 0.2) is 0 Å². The molecular formula is C11H26N2O. The molecule has 0 heterocycles. The van der Waals surface area contributed by atoms with Crippen molar-refractivity contribution in [2.45, 2.75) is 33.2 Å². The Morgan fingerprint density at radius 1 is 1.50 bits per heavy atom. The van der Waals surface area contributed by atoms with Crippen molar-refractivity contribution in [1.29, 1.82) is 0 Å². The molecule has 0 fully saturated rings. The predicted octanol–water partition coefficient (Wildman–Crippen LogP) is 0.935. The van der Waals surface area contributed by atoms with Crippen LogP contribution < -0.4 is 5.32 Å². The fourth-order valence-corrected chi connectivity index (χ4v) is 1.62. The summed E-state index contributed by atoms with van der Waals surface area (Å²) in [6, 6.07) is 0.248. The zero-order valence-corrected chi connectivity index (χ0v) is 10.3. The normalized spacial score (nSPS) is 18.2. The Labute approximate surface area is 88.5 Å². The van der Waals surface area contributed by atoms with Gasteiger partial charge in [0.05, 0.1) is 6.61 Å². The first-order valence-corrected chi connectivity index (χ1v) is 5.44. The van der Waals surface area contributed by atoms with Gasteiger partial charge in [-0.1, -0.05) is 13.8 Å². The van der Waals surface area contributed by atoms with Crippen LogP contribution in [0.2, 0.25) is 0 Å². The quantitative estimate of drug-likeness (QED) is 0.645. The Bertz CT molecular complexity index is 152. The maximum atomic E-state index is 9.05. The van der Waals surface area contributed by atoms with Crippen molar-refractivity contribution in [2.24, 2.45) is 5.41 Å². The van der Waals surface area contributed by atoms with Crippen LogP contribution in [0.1, 0.15) is 27.2 Å². The molecule has 0 aromatic rings. The van der Waals surface area contributed by atoms with Crippen LogP contribution in [0.15, 0.2) is 0 Å². The summed E-state index contributed by atoms with van der Waals surface area (Å²) in [5.74, 6) is 0. The van der Waals surface area contributed by atoms with Gasteiger partial charge in [0.2, 0.25) is 0 Å². The lowest BCUT2D eigenvalue weighted by Gasteiger charge is -2.35. The van der Waals surface area contributed by atoms with E-state index in [-0.39, 0.29) is 12.6 Å². The third kappa shape index (κ3) is 4.40. The van der Waals surface area contributed by atoms with Crippen LogP contribution in [0.25, 0.3) is 0 Å². The average Bonchev–Trinajstić information content (AvgIpc) is 2.16. The molecule has 0 aromatic carbocycles. The number of likely N-dealkylation sites (N-methyl/N-ethyl adjacent to an activating group) is 1. The highest BCUT2D eigenvalue weighted by molar-refractivity contribution is 4.79. The topological polar surface area (TPSA) is 35.5 Å². The van der Waals surface area contributed by atoms with Gasteiger partial charge in [-0.15, -0.1) is 0 Å². The maximum absolute atomic E-state index is 9.05. The van der Waals surface area contributed by atoms with Gasteiger partial charge in [-0.05, 0) is 32.9 Å². The number of aliphatic hydroxyl groups is 1. The average molecular weight is 202 g/mol. The molecule has 3 heteroatoms. The molecule has 0 bridgehead atoms. The SMILES string of the molecule is CCC(C)(CNC)CN(C)C(C)CO. The number of rotatable bonds is 7. The minimum Gasteiger partial charge on any atom is -0.395 e. The first-order chi connectivity index (χ1) is 6.49. The van der Waals surface area contributed by atoms with Gasteiger partial charge in [0, 0.05) is 19.1 Å². The monoisotopic (exact) mass is 202 g/mol. The molecular weight excluding hydrogens is 176 g/mol. The van der Waals surface area contributed by atoms with E-state index in [0.29, 0.717) is 5.41 Å². The highest BCUT2D eigenvalue weighted by atomic mass is 16.3. The predicted molar refractivity (Wildman–Crippen MR) is 61.5 cm³/mol. The van der Waals surface area contributed by atoms with Crippen molar-refractivity contribution >= 4 is 0 Å². The van der Waals surface area contributed by atoms with Gasteiger partial charge in [-0.25, -0.2) is 0 Å². The largest absolute Gasteiger partial charge is 0.395 e. The van der Waals surface area contributed by atoms with E-state index in [2.05, 4.69) is 38.0 Å². The number of hydrogen-bond donors (Lipinski definition) is 2. The van der Waals surface area contributed by atoms with Crippen LogP contribution in [-0.2, 0) is 0 Å². The summed E-state index contributed by atoms with van der Waals surface area (Å²) in [5.41, 5.74) is 0.299. The van der Waals surface area contributed by atoms with Crippen molar-refractivity contribution in [3.05, 3.63) is 0 Å². The summed E-state index contributed by atoms with van der Waals surface area (Å²) in [5, 5.41) is 12.3. The Kier molecular flexibility index (Phi) is 6.33. The fraction of sp³-hybridized carbons (Fsp3) is 1.00. The first kappa shape index (κ1) is 13.9. The van der Waals surface area contributed by atoms with Crippen LogP contribution in [0.5, 0.6) is 0 Å². The Morgan fingerprint density at radius 3 is 2.43 bits per heavy atom. The van der Waals surface area contributed by atoms with E-state index >= 15 is 0 Å². The summed E-state index contributed by atoms with van der Waals surface area (Å²) in [6.45, 7) is 8.82. The van der Waals surface area contributed by atoms with Gasteiger partial charge in [0.25, 0.3) is 0 Å². The van der Waals surface area contributed by atoms with Crippen molar-refractivity contribution in [2.75, 3.05) is 33.8 Å². The molecule has 0 saturated heterocycles. The summed E-state index contributed by atoms with van der Waals surface area (Å²) >= 11 is 0. The van der Waals surface area contributed by atoms with Crippen molar-refractivity contribution in [3.63, 3.8) is 0 Å². The van der Waals surface area contributed by atoms with Gasteiger partial charge in [-0.2, -0.15) is 0 Å². The molecule has 0 aliphatic rings.